The Balaban J connectivity index is 1.32. The highest BCUT2D eigenvalue weighted by Crippen LogP contribution is 2.45. The summed E-state index contributed by atoms with van der Waals surface area (Å²) in [5, 5.41) is 11.7. The molecule has 0 aromatic heterocycles. The van der Waals surface area contributed by atoms with E-state index in [4.69, 9.17) is 28.2 Å². The van der Waals surface area contributed by atoms with Crippen LogP contribution >= 0.6 is 35.0 Å². The fraction of sp³-hybridized carbons (Fsp3) is 0.0968. The molecule has 0 fully saturated rings. The smallest absolute Gasteiger partial charge is 0.136 e. The number of hydrogen-bond donors (Lipinski definition) is 1. The molecule has 6 rings (SSSR count). The molecule has 7 heteroatoms. The Morgan fingerprint density at radius 2 is 1.63 bits per heavy atom. The zero-order valence-electron chi connectivity index (χ0n) is 20.6. The summed E-state index contributed by atoms with van der Waals surface area (Å²) >= 11 is 14.4. The monoisotopic (exact) mass is 554 g/mol. The van der Waals surface area contributed by atoms with Crippen LogP contribution < -0.4 is 10.3 Å². The first-order chi connectivity index (χ1) is 18.5. The van der Waals surface area contributed by atoms with Crippen molar-refractivity contribution < 1.29 is 0 Å². The average molecular weight is 556 g/mol. The number of fused-ring (bicyclic) bond motifs is 1. The summed E-state index contributed by atoms with van der Waals surface area (Å²) in [6, 6.07) is 32.5. The van der Waals surface area contributed by atoms with E-state index in [-0.39, 0.29) is 5.25 Å². The number of benzene rings is 4. The zero-order chi connectivity index (χ0) is 26.1. The molecular weight excluding hydrogens is 531 g/mol. The Bertz CT molecular complexity index is 1580. The summed E-state index contributed by atoms with van der Waals surface area (Å²) in [4.78, 5) is 6.14. The maximum Gasteiger partial charge on any atom is 0.136 e. The molecule has 0 radical (unpaired) electrons. The van der Waals surface area contributed by atoms with E-state index in [0.29, 0.717) is 11.4 Å². The largest absolute Gasteiger partial charge is 0.354 e. The van der Waals surface area contributed by atoms with Gasteiger partial charge < -0.3 is 5.32 Å². The van der Waals surface area contributed by atoms with E-state index in [1.165, 1.54) is 10.5 Å². The molecule has 0 spiro atoms. The Morgan fingerprint density at radius 1 is 0.895 bits per heavy atom. The maximum absolute atomic E-state index is 6.45. The number of thioether (sulfide) groups is 1. The van der Waals surface area contributed by atoms with Crippen LogP contribution in [0.1, 0.15) is 29.7 Å². The topological polar surface area (TPSA) is 40.0 Å². The number of halogens is 2. The summed E-state index contributed by atoms with van der Waals surface area (Å²) < 4.78 is 0. The quantitative estimate of drug-likeness (QED) is 0.273. The van der Waals surface area contributed by atoms with Gasteiger partial charge in [-0.25, -0.2) is 10.0 Å². The molecule has 0 saturated heterocycles. The maximum atomic E-state index is 6.45. The predicted octanol–water partition coefficient (Wildman–Crippen LogP) is 9.61. The van der Waals surface area contributed by atoms with Crippen LogP contribution in [0.2, 0.25) is 10.0 Å². The molecule has 0 aliphatic carbocycles. The first-order valence-electron chi connectivity index (χ1n) is 12.3. The van der Waals surface area contributed by atoms with Crippen molar-refractivity contribution in [1.82, 2.24) is 0 Å². The van der Waals surface area contributed by atoms with Crippen LogP contribution in [0.4, 0.5) is 17.1 Å². The first-order valence-corrected chi connectivity index (χ1v) is 13.9. The van der Waals surface area contributed by atoms with Gasteiger partial charge in [-0.15, -0.1) is 11.8 Å². The highest BCUT2D eigenvalue weighted by Gasteiger charge is 2.23. The second-order valence-electron chi connectivity index (χ2n) is 9.14. The lowest BCUT2D eigenvalue weighted by molar-refractivity contribution is 1.15. The normalized spacial score (nSPS) is 17.9. The molecule has 188 valence electrons. The van der Waals surface area contributed by atoms with Crippen LogP contribution in [-0.4, -0.2) is 11.5 Å². The third kappa shape index (κ3) is 5.23. The SMILES string of the molecule is CC1=NN(c2ccccc2Cl)C(=Nc2ccc(C3=CC(c4ccc(Cl)cc4)Sc4ccccc4N3)cc2)C1. The van der Waals surface area contributed by atoms with Crippen molar-refractivity contribution in [2.24, 2.45) is 10.1 Å². The summed E-state index contributed by atoms with van der Waals surface area (Å²) in [5.74, 6) is 0.850. The lowest BCUT2D eigenvalue weighted by Gasteiger charge is -2.17. The van der Waals surface area contributed by atoms with Gasteiger partial charge in [0.05, 0.1) is 27.3 Å². The van der Waals surface area contributed by atoms with E-state index in [1.807, 2.05) is 72.2 Å². The number of rotatable bonds is 4. The highest BCUT2D eigenvalue weighted by atomic mass is 35.5. The van der Waals surface area contributed by atoms with Crippen LogP contribution in [0.15, 0.2) is 118 Å². The van der Waals surface area contributed by atoms with Crippen LogP contribution in [-0.2, 0) is 0 Å². The van der Waals surface area contributed by atoms with E-state index in [1.54, 1.807) is 0 Å². The van der Waals surface area contributed by atoms with Crippen LogP contribution in [0, 0.1) is 0 Å². The van der Waals surface area contributed by atoms with Crippen LogP contribution in [0.5, 0.6) is 0 Å². The minimum atomic E-state index is 0.140. The second kappa shape index (κ2) is 10.7. The minimum Gasteiger partial charge on any atom is -0.354 e. The summed E-state index contributed by atoms with van der Waals surface area (Å²) in [6.07, 6.45) is 2.96. The first kappa shape index (κ1) is 24.8. The lowest BCUT2D eigenvalue weighted by Crippen LogP contribution is -2.20. The number of hydrogen-bond acceptors (Lipinski definition) is 4. The van der Waals surface area contributed by atoms with E-state index in [2.05, 4.69) is 65.0 Å². The Labute approximate surface area is 236 Å². The van der Waals surface area contributed by atoms with Crippen molar-refractivity contribution in [3.8, 4) is 0 Å². The van der Waals surface area contributed by atoms with Crippen molar-refractivity contribution in [2.75, 3.05) is 10.3 Å². The van der Waals surface area contributed by atoms with Gasteiger partial charge in [-0.05, 0) is 72.7 Å². The van der Waals surface area contributed by atoms with Gasteiger partial charge >= 0.3 is 0 Å². The molecule has 38 heavy (non-hydrogen) atoms. The molecular formula is C31H24Cl2N4S. The molecule has 1 unspecified atom stereocenters. The number of para-hydroxylation sites is 2. The van der Waals surface area contributed by atoms with E-state index >= 15 is 0 Å². The molecule has 0 saturated carbocycles. The summed E-state index contributed by atoms with van der Waals surface area (Å²) in [6.45, 7) is 2.01. The number of amidine groups is 1. The van der Waals surface area contributed by atoms with Crippen molar-refractivity contribution in [3.63, 3.8) is 0 Å². The predicted molar refractivity (Wildman–Crippen MR) is 163 cm³/mol. The van der Waals surface area contributed by atoms with Crippen molar-refractivity contribution in [2.45, 2.75) is 23.5 Å². The standard InChI is InChI=1S/C31H24Cl2N4S/c1-20-18-31(37(36-20)28-8-4-2-6-25(28)33)34-24-16-12-21(13-17-24)27-19-30(22-10-14-23(32)15-11-22)38-29-9-5-3-7-26(29)35-27/h2-17,19,30,35H,18H2,1H3. The fourth-order valence-corrected chi connectivity index (χ4v) is 6.02. The summed E-state index contributed by atoms with van der Waals surface area (Å²) in [5.41, 5.74) is 7.14. The van der Waals surface area contributed by atoms with Gasteiger partial charge in [0.2, 0.25) is 0 Å². The fourth-order valence-electron chi connectivity index (χ4n) is 4.50. The van der Waals surface area contributed by atoms with Gasteiger partial charge in [0.15, 0.2) is 0 Å². The molecule has 2 aliphatic rings. The molecule has 0 bridgehead atoms. The van der Waals surface area contributed by atoms with Crippen molar-refractivity contribution in [3.05, 3.63) is 124 Å². The number of hydrazone groups is 1. The molecule has 0 amide bonds. The molecule has 4 aromatic carbocycles. The number of nitrogens with zero attached hydrogens (tertiary/aromatic N) is 3. The minimum absolute atomic E-state index is 0.140. The van der Waals surface area contributed by atoms with E-state index < -0.39 is 0 Å². The van der Waals surface area contributed by atoms with Gasteiger partial charge in [-0.1, -0.05) is 71.7 Å². The van der Waals surface area contributed by atoms with Gasteiger partial charge in [0.25, 0.3) is 0 Å². The Morgan fingerprint density at radius 3 is 2.42 bits per heavy atom. The third-order valence-electron chi connectivity index (χ3n) is 6.37. The third-order valence-corrected chi connectivity index (χ3v) is 8.22. The molecule has 1 N–H and O–H groups in total. The van der Waals surface area contributed by atoms with Gasteiger partial charge in [-0.3, -0.25) is 0 Å². The highest BCUT2D eigenvalue weighted by molar-refractivity contribution is 7.99. The molecule has 4 aromatic rings. The second-order valence-corrected chi connectivity index (χ2v) is 11.2. The molecule has 2 aliphatic heterocycles. The Kier molecular flexibility index (Phi) is 6.98. The van der Waals surface area contributed by atoms with Gasteiger partial charge in [-0.2, -0.15) is 5.10 Å². The number of anilines is 2. The average Bonchev–Trinajstić information content (AvgIpc) is 3.17. The Hall–Kier alpha value is -3.51. The van der Waals surface area contributed by atoms with Gasteiger partial charge in [0.1, 0.15) is 5.84 Å². The van der Waals surface area contributed by atoms with Gasteiger partial charge in [0, 0.05) is 27.7 Å². The van der Waals surface area contributed by atoms with Crippen molar-refractivity contribution in [1.29, 1.82) is 0 Å². The summed E-state index contributed by atoms with van der Waals surface area (Å²) in [7, 11) is 0. The van der Waals surface area contributed by atoms with E-state index in [0.717, 1.165) is 44.9 Å². The molecule has 4 nitrogen and oxygen atoms in total. The van der Waals surface area contributed by atoms with Crippen LogP contribution in [0.25, 0.3) is 5.70 Å². The zero-order valence-corrected chi connectivity index (χ0v) is 22.9. The van der Waals surface area contributed by atoms with Crippen LogP contribution in [0.3, 0.4) is 0 Å². The lowest BCUT2D eigenvalue weighted by atomic mass is 10.1. The number of aliphatic imine (C=N–C) groups is 1. The van der Waals surface area contributed by atoms with Crippen molar-refractivity contribution >= 4 is 69.3 Å². The number of nitrogens with one attached hydrogen (secondary N) is 1. The molecule has 2 heterocycles. The molecule has 1 atom stereocenters. The van der Waals surface area contributed by atoms with E-state index in [9.17, 15) is 0 Å².